The first-order valence-electron chi connectivity index (χ1n) is 6.97. The molecule has 0 saturated carbocycles. The van der Waals surface area contributed by atoms with Gasteiger partial charge >= 0.3 is 0 Å². The van der Waals surface area contributed by atoms with Crippen LogP contribution < -0.4 is 10.1 Å². The second-order valence-corrected chi connectivity index (χ2v) is 6.01. The van der Waals surface area contributed by atoms with Gasteiger partial charge in [0.05, 0.1) is 7.11 Å². The summed E-state index contributed by atoms with van der Waals surface area (Å²) in [6, 6.07) is 8.85. The Morgan fingerprint density at radius 1 is 1.43 bits per heavy atom. The number of ether oxygens (including phenoxy) is 1. The first-order chi connectivity index (χ1) is 10.2. The Labute approximate surface area is 128 Å². The molecular weight excluding hydrogens is 282 g/mol. The van der Waals surface area contributed by atoms with Crippen LogP contribution in [0.3, 0.4) is 0 Å². The second-order valence-electron chi connectivity index (χ2n) is 5.14. The van der Waals surface area contributed by atoms with Gasteiger partial charge in [-0.15, -0.1) is 11.3 Å². The van der Waals surface area contributed by atoms with E-state index in [1.807, 2.05) is 11.6 Å². The van der Waals surface area contributed by atoms with Crippen molar-refractivity contribution in [2.45, 2.75) is 26.4 Å². The minimum Gasteiger partial charge on any atom is -0.480 e. The molecule has 4 nitrogen and oxygen atoms in total. The maximum Gasteiger partial charge on any atom is 0.237 e. The van der Waals surface area contributed by atoms with Crippen LogP contribution in [-0.2, 0) is 6.54 Å². The van der Waals surface area contributed by atoms with Crippen LogP contribution in [0.5, 0.6) is 5.88 Å². The number of aryl methyl sites for hydroxylation is 1. The number of aromatic nitrogens is 2. The van der Waals surface area contributed by atoms with Crippen LogP contribution in [0.1, 0.15) is 29.8 Å². The molecule has 2 heterocycles. The highest BCUT2D eigenvalue weighted by Gasteiger charge is 2.14. The van der Waals surface area contributed by atoms with E-state index in [0.717, 1.165) is 17.2 Å². The van der Waals surface area contributed by atoms with Crippen molar-refractivity contribution in [2.24, 2.45) is 0 Å². The number of thiazole rings is 1. The molecule has 1 N–H and O–H groups in total. The molecule has 0 radical (unpaired) electrons. The second kappa shape index (κ2) is 5.87. The molecule has 0 saturated heterocycles. The van der Waals surface area contributed by atoms with Crippen molar-refractivity contribution < 1.29 is 4.74 Å². The van der Waals surface area contributed by atoms with Crippen LogP contribution in [0.2, 0.25) is 0 Å². The van der Waals surface area contributed by atoms with Gasteiger partial charge in [0.15, 0.2) is 4.96 Å². The Morgan fingerprint density at radius 3 is 3.05 bits per heavy atom. The van der Waals surface area contributed by atoms with E-state index < -0.39 is 0 Å². The largest absolute Gasteiger partial charge is 0.480 e. The molecule has 5 heteroatoms. The van der Waals surface area contributed by atoms with Crippen LogP contribution >= 0.6 is 11.3 Å². The maximum absolute atomic E-state index is 5.38. The quantitative estimate of drug-likeness (QED) is 0.783. The number of hydrogen-bond donors (Lipinski definition) is 1. The van der Waals surface area contributed by atoms with Gasteiger partial charge in [-0.25, -0.2) is 0 Å². The van der Waals surface area contributed by atoms with Crippen LogP contribution in [-0.4, -0.2) is 16.5 Å². The number of rotatable bonds is 5. The van der Waals surface area contributed by atoms with Crippen molar-refractivity contribution in [1.82, 2.24) is 14.7 Å². The van der Waals surface area contributed by atoms with Gasteiger partial charge in [-0.2, -0.15) is 4.98 Å². The monoisotopic (exact) mass is 301 g/mol. The third-order valence-electron chi connectivity index (χ3n) is 3.64. The fourth-order valence-corrected chi connectivity index (χ4v) is 3.17. The smallest absolute Gasteiger partial charge is 0.237 e. The van der Waals surface area contributed by atoms with Gasteiger partial charge in [-0.1, -0.05) is 29.8 Å². The summed E-state index contributed by atoms with van der Waals surface area (Å²) in [6.45, 7) is 5.01. The SMILES string of the molecule is COc1nc2sccn2c1CN[C@@H](C)c1cccc(C)c1. The third kappa shape index (κ3) is 2.80. The molecule has 0 aliphatic carbocycles. The summed E-state index contributed by atoms with van der Waals surface area (Å²) < 4.78 is 7.46. The van der Waals surface area contributed by atoms with Gasteiger partial charge in [-0.3, -0.25) is 4.40 Å². The molecule has 21 heavy (non-hydrogen) atoms. The summed E-state index contributed by atoms with van der Waals surface area (Å²) in [7, 11) is 1.67. The highest BCUT2D eigenvalue weighted by molar-refractivity contribution is 7.15. The Hall–Kier alpha value is -1.85. The van der Waals surface area contributed by atoms with Crippen LogP contribution in [0.15, 0.2) is 35.8 Å². The van der Waals surface area contributed by atoms with E-state index in [2.05, 4.69) is 52.8 Å². The summed E-state index contributed by atoms with van der Waals surface area (Å²) in [5.74, 6) is 0.700. The first-order valence-corrected chi connectivity index (χ1v) is 7.85. The fourth-order valence-electron chi connectivity index (χ4n) is 2.44. The number of methoxy groups -OCH3 is 1. The van der Waals surface area contributed by atoms with E-state index in [-0.39, 0.29) is 6.04 Å². The Balaban J connectivity index is 1.78. The lowest BCUT2D eigenvalue weighted by molar-refractivity contribution is 0.391. The number of fused-ring (bicyclic) bond motifs is 1. The van der Waals surface area contributed by atoms with Crippen molar-refractivity contribution in [3.05, 3.63) is 52.7 Å². The van der Waals surface area contributed by atoms with Gasteiger partial charge in [0.1, 0.15) is 5.69 Å². The van der Waals surface area contributed by atoms with Crippen molar-refractivity contribution >= 4 is 16.3 Å². The van der Waals surface area contributed by atoms with Gasteiger partial charge in [0, 0.05) is 24.2 Å². The van der Waals surface area contributed by atoms with E-state index in [4.69, 9.17) is 4.74 Å². The molecule has 0 aliphatic heterocycles. The summed E-state index contributed by atoms with van der Waals surface area (Å²) in [5.41, 5.74) is 3.64. The molecular formula is C16H19N3OS. The third-order valence-corrected chi connectivity index (χ3v) is 4.39. The van der Waals surface area contributed by atoms with E-state index in [9.17, 15) is 0 Å². The lowest BCUT2D eigenvalue weighted by Gasteiger charge is -2.15. The molecule has 0 amide bonds. The molecule has 3 rings (SSSR count). The zero-order chi connectivity index (χ0) is 14.8. The molecule has 110 valence electrons. The van der Waals surface area contributed by atoms with Gasteiger partial charge in [0.25, 0.3) is 0 Å². The Bertz CT molecular complexity index is 747. The number of imidazole rings is 1. The summed E-state index contributed by atoms with van der Waals surface area (Å²) in [6.07, 6.45) is 2.03. The number of nitrogens with zero attached hydrogens (tertiary/aromatic N) is 2. The normalized spacial score (nSPS) is 12.7. The van der Waals surface area contributed by atoms with Crippen LogP contribution in [0, 0.1) is 6.92 Å². The minimum atomic E-state index is 0.277. The number of benzene rings is 1. The molecule has 0 unspecified atom stereocenters. The maximum atomic E-state index is 5.38. The molecule has 1 aromatic carbocycles. The molecule has 2 aromatic heterocycles. The van der Waals surface area contributed by atoms with Gasteiger partial charge in [0.2, 0.25) is 5.88 Å². The lowest BCUT2D eigenvalue weighted by atomic mass is 10.1. The van der Waals surface area contributed by atoms with Crippen molar-refractivity contribution in [3.63, 3.8) is 0 Å². The minimum absolute atomic E-state index is 0.277. The lowest BCUT2D eigenvalue weighted by Crippen LogP contribution is -2.19. The van der Waals surface area contributed by atoms with E-state index in [0.29, 0.717) is 5.88 Å². The predicted octanol–water partition coefficient (Wildman–Crippen LogP) is 3.56. The van der Waals surface area contributed by atoms with Gasteiger partial charge in [-0.05, 0) is 19.4 Å². The first kappa shape index (κ1) is 14.1. The number of nitrogens with one attached hydrogen (secondary N) is 1. The van der Waals surface area contributed by atoms with Crippen LogP contribution in [0.25, 0.3) is 4.96 Å². The zero-order valence-corrected chi connectivity index (χ0v) is 13.3. The highest BCUT2D eigenvalue weighted by atomic mass is 32.1. The van der Waals surface area contributed by atoms with E-state index in [1.165, 1.54) is 11.1 Å². The van der Waals surface area contributed by atoms with Crippen molar-refractivity contribution in [3.8, 4) is 5.88 Å². The molecule has 0 fully saturated rings. The van der Waals surface area contributed by atoms with Gasteiger partial charge < -0.3 is 10.1 Å². The molecule has 1 atom stereocenters. The summed E-state index contributed by atoms with van der Waals surface area (Å²) in [4.78, 5) is 5.44. The standard InChI is InChI=1S/C16H19N3OS/c1-11-5-4-6-13(9-11)12(2)17-10-14-15(20-3)18-16-19(14)7-8-21-16/h4-9,12,17H,10H2,1-3H3/t12-/m0/s1. The van der Waals surface area contributed by atoms with Crippen LogP contribution in [0.4, 0.5) is 0 Å². The number of hydrogen-bond acceptors (Lipinski definition) is 4. The summed E-state index contributed by atoms with van der Waals surface area (Å²) >= 11 is 1.61. The molecule has 3 aromatic rings. The average molecular weight is 301 g/mol. The van der Waals surface area contributed by atoms with Crippen molar-refractivity contribution in [2.75, 3.05) is 7.11 Å². The van der Waals surface area contributed by atoms with Crippen molar-refractivity contribution in [1.29, 1.82) is 0 Å². The molecule has 0 bridgehead atoms. The molecule has 0 aliphatic rings. The zero-order valence-electron chi connectivity index (χ0n) is 12.5. The average Bonchev–Trinajstić information content (AvgIpc) is 3.05. The summed E-state index contributed by atoms with van der Waals surface area (Å²) in [5, 5.41) is 5.59. The molecule has 0 spiro atoms. The highest BCUT2D eigenvalue weighted by Crippen LogP contribution is 2.24. The van der Waals surface area contributed by atoms with E-state index in [1.54, 1.807) is 18.4 Å². The Kier molecular flexibility index (Phi) is 3.94. The van der Waals surface area contributed by atoms with E-state index >= 15 is 0 Å². The fraction of sp³-hybridized carbons (Fsp3) is 0.312. The Morgan fingerprint density at radius 2 is 2.29 bits per heavy atom. The topological polar surface area (TPSA) is 38.6 Å². The predicted molar refractivity (Wildman–Crippen MR) is 86.1 cm³/mol.